The zero-order chi connectivity index (χ0) is 13.9. The van der Waals surface area contributed by atoms with Gasteiger partial charge < -0.3 is 14.4 Å². The molecule has 5 heteroatoms. The van der Waals surface area contributed by atoms with Gasteiger partial charge in [0.1, 0.15) is 5.92 Å². The lowest BCUT2D eigenvalue weighted by Crippen LogP contribution is -2.61. The van der Waals surface area contributed by atoms with E-state index in [-0.39, 0.29) is 5.97 Å². The number of hydrogen-bond acceptors (Lipinski definition) is 5. The second kappa shape index (κ2) is 5.86. The van der Waals surface area contributed by atoms with Crippen LogP contribution in [0, 0.1) is 5.92 Å². The zero-order valence-corrected chi connectivity index (χ0v) is 11.8. The third-order valence-electron chi connectivity index (χ3n) is 3.97. The number of carbonyl (C=O) groups is 1. The van der Waals surface area contributed by atoms with Crippen molar-refractivity contribution in [1.29, 1.82) is 0 Å². The van der Waals surface area contributed by atoms with Gasteiger partial charge in [-0.1, -0.05) is 18.2 Å². The van der Waals surface area contributed by atoms with Crippen molar-refractivity contribution in [2.45, 2.75) is 5.72 Å². The minimum absolute atomic E-state index is 0.263. The van der Waals surface area contributed by atoms with Crippen molar-refractivity contribution in [3.8, 4) is 0 Å². The van der Waals surface area contributed by atoms with Gasteiger partial charge >= 0.3 is 5.97 Å². The van der Waals surface area contributed by atoms with Gasteiger partial charge in [0.2, 0.25) is 0 Å². The lowest BCUT2D eigenvalue weighted by atomic mass is 9.88. The molecule has 0 aromatic heterocycles. The molecule has 1 heterocycles. The average Bonchev–Trinajstić information content (AvgIpc) is 2.47. The van der Waals surface area contributed by atoms with Gasteiger partial charge in [0.15, 0.2) is 5.72 Å². The lowest BCUT2D eigenvalue weighted by Gasteiger charge is -2.47. The summed E-state index contributed by atoms with van der Waals surface area (Å²) in [6.07, 6.45) is 7.61. The van der Waals surface area contributed by atoms with Crippen molar-refractivity contribution in [3.63, 3.8) is 0 Å². The summed E-state index contributed by atoms with van der Waals surface area (Å²) in [5.74, 6) is -0.683. The highest BCUT2D eigenvalue weighted by Gasteiger charge is 2.47. The van der Waals surface area contributed by atoms with E-state index < -0.39 is 11.6 Å². The fraction of sp³-hybridized carbons (Fsp3) is 0.643. The van der Waals surface area contributed by atoms with Gasteiger partial charge in [-0.15, -0.1) is 0 Å². The van der Waals surface area contributed by atoms with Crippen LogP contribution < -0.4 is 0 Å². The van der Waals surface area contributed by atoms with Gasteiger partial charge in [0.25, 0.3) is 0 Å². The number of rotatable bonds is 3. The van der Waals surface area contributed by atoms with Gasteiger partial charge in [0, 0.05) is 33.3 Å². The number of piperazine rings is 1. The largest absolute Gasteiger partial charge is 0.468 e. The Balaban J connectivity index is 2.26. The van der Waals surface area contributed by atoms with E-state index in [1.807, 2.05) is 24.3 Å². The molecule has 5 nitrogen and oxygen atoms in total. The van der Waals surface area contributed by atoms with E-state index in [1.54, 1.807) is 7.11 Å². The van der Waals surface area contributed by atoms with Crippen LogP contribution >= 0.6 is 0 Å². The summed E-state index contributed by atoms with van der Waals surface area (Å²) in [4.78, 5) is 16.5. The van der Waals surface area contributed by atoms with E-state index >= 15 is 0 Å². The number of ether oxygens (including phenoxy) is 2. The van der Waals surface area contributed by atoms with E-state index in [9.17, 15) is 4.79 Å². The number of nitrogens with zero attached hydrogens (tertiary/aromatic N) is 2. The van der Waals surface area contributed by atoms with Crippen LogP contribution in [0.25, 0.3) is 0 Å². The molecule has 1 fully saturated rings. The fourth-order valence-corrected chi connectivity index (χ4v) is 2.77. The zero-order valence-electron chi connectivity index (χ0n) is 11.8. The van der Waals surface area contributed by atoms with Crippen LogP contribution in [0.15, 0.2) is 24.3 Å². The molecule has 0 N–H and O–H groups in total. The summed E-state index contributed by atoms with van der Waals surface area (Å²) >= 11 is 0. The molecular weight excluding hydrogens is 244 g/mol. The molecule has 19 heavy (non-hydrogen) atoms. The molecule has 2 rings (SSSR count). The van der Waals surface area contributed by atoms with Gasteiger partial charge in [-0.3, -0.25) is 9.69 Å². The average molecular weight is 266 g/mol. The number of esters is 1. The SMILES string of the molecule is COC(=O)C1C=CC=CC1(OC)N1CCN(C)CC1. The van der Waals surface area contributed by atoms with E-state index in [0.29, 0.717) is 0 Å². The molecule has 1 aliphatic carbocycles. The molecule has 106 valence electrons. The standard InChI is InChI=1S/C14H22N2O3/c1-15-8-10-16(11-9-15)14(19-3)7-5-4-6-12(14)13(17)18-2/h4-7,12H,8-11H2,1-3H3. The predicted molar refractivity (Wildman–Crippen MR) is 72.6 cm³/mol. The van der Waals surface area contributed by atoms with Crippen LogP contribution in [-0.4, -0.2) is 68.9 Å². The molecule has 2 aliphatic rings. The first-order chi connectivity index (χ1) is 9.14. The number of carbonyl (C=O) groups excluding carboxylic acids is 1. The highest BCUT2D eigenvalue weighted by molar-refractivity contribution is 5.77. The highest BCUT2D eigenvalue weighted by Crippen LogP contribution is 2.33. The van der Waals surface area contributed by atoms with Crippen LogP contribution in [0.1, 0.15) is 0 Å². The summed E-state index contributed by atoms with van der Waals surface area (Å²) in [6, 6.07) is 0. The molecular formula is C14H22N2O3. The number of likely N-dealkylation sites (N-methyl/N-ethyl adjacent to an activating group) is 1. The molecule has 1 saturated heterocycles. The fourth-order valence-electron chi connectivity index (χ4n) is 2.77. The van der Waals surface area contributed by atoms with Crippen molar-refractivity contribution in [2.75, 3.05) is 47.4 Å². The van der Waals surface area contributed by atoms with Gasteiger partial charge in [-0.2, -0.15) is 0 Å². The maximum Gasteiger partial charge on any atom is 0.317 e. The Morgan fingerprint density at radius 1 is 1.21 bits per heavy atom. The Hall–Kier alpha value is -1.17. The molecule has 1 aliphatic heterocycles. The predicted octanol–water partition coefficient (Wildman–Crippen LogP) is 0.492. The maximum atomic E-state index is 12.0. The summed E-state index contributed by atoms with van der Waals surface area (Å²) in [6.45, 7) is 3.68. The van der Waals surface area contributed by atoms with E-state index in [1.165, 1.54) is 7.11 Å². The normalized spacial score (nSPS) is 32.5. The van der Waals surface area contributed by atoms with Crippen LogP contribution in [0.5, 0.6) is 0 Å². The van der Waals surface area contributed by atoms with E-state index in [4.69, 9.17) is 9.47 Å². The molecule has 2 atom stereocenters. The van der Waals surface area contributed by atoms with Crippen molar-refractivity contribution in [2.24, 2.45) is 5.92 Å². The van der Waals surface area contributed by atoms with Crippen LogP contribution in [0.2, 0.25) is 0 Å². The summed E-state index contributed by atoms with van der Waals surface area (Å²) in [5.41, 5.74) is -0.719. The Bertz CT molecular complexity index is 386. The van der Waals surface area contributed by atoms with Crippen LogP contribution in [-0.2, 0) is 14.3 Å². The third kappa shape index (κ3) is 2.59. The van der Waals surface area contributed by atoms with Crippen molar-refractivity contribution in [3.05, 3.63) is 24.3 Å². The molecule has 0 spiro atoms. The van der Waals surface area contributed by atoms with E-state index in [0.717, 1.165) is 26.2 Å². The van der Waals surface area contributed by atoms with E-state index in [2.05, 4.69) is 16.8 Å². The number of hydrogen-bond donors (Lipinski definition) is 0. The molecule has 2 unspecified atom stereocenters. The van der Waals surface area contributed by atoms with Crippen molar-refractivity contribution >= 4 is 5.97 Å². The minimum Gasteiger partial charge on any atom is -0.468 e. The summed E-state index contributed by atoms with van der Waals surface area (Å²) < 4.78 is 10.7. The van der Waals surface area contributed by atoms with Gasteiger partial charge in [-0.05, 0) is 13.1 Å². The molecule has 0 saturated carbocycles. The van der Waals surface area contributed by atoms with Crippen molar-refractivity contribution in [1.82, 2.24) is 9.80 Å². The highest BCUT2D eigenvalue weighted by atomic mass is 16.5. The Labute approximate surface area is 114 Å². The first-order valence-electron chi connectivity index (χ1n) is 6.56. The molecule has 0 aromatic rings. The third-order valence-corrected chi connectivity index (χ3v) is 3.97. The Morgan fingerprint density at radius 3 is 2.47 bits per heavy atom. The molecule has 0 radical (unpaired) electrons. The second-order valence-electron chi connectivity index (χ2n) is 4.99. The minimum atomic E-state index is -0.719. The molecule has 0 bridgehead atoms. The monoisotopic (exact) mass is 266 g/mol. The summed E-state index contributed by atoms with van der Waals surface area (Å²) in [7, 11) is 5.17. The molecule has 0 aromatic carbocycles. The number of allylic oxidation sites excluding steroid dienone is 2. The quantitative estimate of drug-likeness (QED) is 0.696. The maximum absolute atomic E-state index is 12.0. The smallest absolute Gasteiger partial charge is 0.317 e. The van der Waals surface area contributed by atoms with Gasteiger partial charge in [0.05, 0.1) is 7.11 Å². The second-order valence-corrected chi connectivity index (χ2v) is 4.99. The van der Waals surface area contributed by atoms with Crippen molar-refractivity contribution < 1.29 is 14.3 Å². The topological polar surface area (TPSA) is 42.0 Å². The first kappa shape index (κ1) is 14.2. The summed E-state index contributed by atoms with van der Waals surface area (Å²) in [5, 5.41) is 0. The Kier molecular flexibility index (Phi) is 4.39. The first-order valence-corrected chi connectivity index (χ1v) is 6.56. The Morgan fingerprint density at radius 2 is 1.89 bits per heavy atom. The van der Waals surface area contributed by atoms with Crippen LogP contribution in [0.4, 0.5) is 0 Å². The van der Waals surface area contributed by atoms with Crippen LogP contribution in [0.3, 0.4) is 0 Å². The number of methoxy groups -OCH3 is 2. The molecule has 0 amide bonds. The lowest BCUT2D eigenvalue weighted by molar-refractivity contribution is -0.173. The van der Waals surface area contributed by atoms with Gasteiger partial charge in [-0.25, -0.2) is 0 Å².